The van der Waals surface area contributed by atoms with E-state index in [1.807, 2.05) is 0 Å². The molecule has 1 aromatic heterocycles. The Balaban J connectivity index is 1.83. The lowest BCUT2D eigenvalue weighted by molar-refractivity contribution is 0.315. The Morgan fingerprint density at radius 2 is 1.95 bits per heavy atom. The Hall–Kier alpha value is -1.68. The number of rotatable bonds is 1. The van der Waals surface area contributed by atoms with Crippen molar-refractivity contribution in [3.8, 4) is 0 Å². The standard InChI is InChI=1S/C15H19N3O/c1-15(2,3)14-17-13(19-18-14)12-8-10-6-4-5-7-11(10)9-16-12/h4-7,12,16H,8-9H2,1-3H3/t12-/m0/s1. The fourth-order valence-electron chi connectivity index (χ4n) is 2.31. The van der Waals surface area contributed by atoms with Crippen molar-refractivity contribution in [3.63, 3.8) is 0 Å². The van der Waals surface area contributed by atoms with E-state index >= 15 is 0 Å². The zero-order chi connectivity index (χ0) is 13.5. The monoisotopic (exact) mass is 257 g/mol. The molecule has 0 saturated heterocycles. The summed E-state index contributed by atoms with van der Waals surface area (Å²) in [5, 5.41) is 7.55. The molecule has 0 saturated carbocycles. The SMILES string of the molecule is CC(C)(C)c1noc([C@@H]2Cc3ccccc3CN2)n1. The largest absolute Gasteiger partial charge is 0.338 e. The van der Waals surface area contributed by atoms with Gasteiger partial charge in [-0.05, 0) is 17.5 Å². The quantitative estimate of drug-likeness (QED) is 0.853. The van der Waals surface area contributed by atoms with Crippen LogP contribution in [0.2, 0.25) is 0 Å². The maximum absolute atomic E-state index is 5.42. The van der Waals surface area contributed by atoms with Crippen LogP contribution < -0.4 is 5.32 Å². The molecule has 0 bridgehead atoms. The Kier molecular flexibility index (Phi) is 2.90. The molecule has 4 nitrogen and oxygen atoms in total. The predicted octanol–water partition coefficient (Wildman–Crippen LogP) is 2.75. The molecule has 2 heterocycles. The zero-order valence-corrected chi connectivity index (χ0v) is 11.6. The Morgan fingerprint density at radius 3 is 2.63 bits per heavy atom. The molecule has 1 aromatic carbocycles. The highest BCUT2D eigenvalue weighted by molar-refractivity contribution is 5.30. The van der Waals surface area contributed by atoms with Gasteiger partial charge in [0.1, 0.15) is 0 Å². The second kappa shape index (κ2) is 4.46. The van der Waals surface area contributed by atoms with Gasteiger partial charge in [-0.1, -0.05) is 50.2 Å². The van der Waals surface area contributed by atoms with Crippen LogP contribution in [-0.2, 0) is 18.4 Å². The molecule has 3 rings (SSSR count). The van der Waals surface area contributed by atoms with Crippen LogP contribution in [0.15, 0.2) is 28.8 Å². The molecule has 0 unspecified atom stereocenters. The highest BCUT2D eigenvalue weighted by atomic mass is 16.5. The Morgan fingerprint density at radius 1 is 1.21 bits per heavy atom. The molecule has 0 spiro atoms. The van der Waals surface area contributed by atoms with E-state index in [4.69, 9.17) is 4.52 Å². The van der Waals surface area contributed by atoms with Crippen molar-refractivity contribution in [2.45, 2.75) is 45.2 Å². The maximum atomic E-state index is 5.42. The van der Waals surface area contributed by atoms with Crippen molar-refractivity contribution in [2.75, 3.05) is 0 Å². The minimum absolute atomic E-state index is 0.0751. The van der Waals surface area contributed by atoms with E-state index in [1.165, 1.54) is 11.1 Å². The van der Waals surface area contributed by atoms with Crippen LogP contribution in [-0.4, -0.2) is 10.1 Å². The van der Waals surface area contributed by atoms with Crippen LogP contribution in [0.25, 0.3) is 0 Å². The molecule has 1 atom stereocenters. The third-order valence-electron chi connectivity index (χ3n) is 3.49. The lowest BCUT2D eigenvalue weighted by Crippen LogP contribution is -2.28. The average Bonchev–Trinajstić information content (AvgIpc) is 2.87. The van der Waals surface area contributed by atoms with Crippen LogP contribution in [0.4, 0.5) is 0 Å². The van der Waals surface area contributed by atoms with Crippen LogP contribution >= 0.6 is 0 Å². The number of nitrogens with zero attached hydrogens (tertiary/aromatic N) is 2. The first-order valence-corrected chi connectivity index (χ1v) is 6.68. The summed E-state index contributed by atoms with van der Waals surface area (Å²) in [6, 6.07) is 8.61. The maximum Gasteiger partial charge on any atom is 0.244 e. The number of fused-ring (bicyclic) bond motifs is 1. The van der Waals surface area contributed by atoms with Gasteiger partial charge in [-0.2, -0.15) is 4.98 Å². The first kappa shape index (κ1) is 12.4. The lowest BCUT2D eigenvalue weighted by atomic mass is 9.95. The van der Waals surface area contributed by atoms with Crippen molar-refractivity contribution < 1.29 is 4.52 Å². The molecule has 19 heavy (non-hydrogen) atoms. The summed E-state index contributed by atoms with van der Waals surface area (Å²) < 4.78 is 5.42. The highest BCUT2D eigenvalue weighted by Crippen LogP contribution is 2.26. The number of nitrogens with one attached hydrogen (secondary N) is 1. The number of hydrogen-bond donors (Lipinski definition) is 1. The number of benzene rings is 1. The van der Waals surface area contributed by atoms with Gasteiger partial charge >= 0.3 is 0 Å². The van der Waals surface area contributed by atoms with Gasteiger partial charge in [0.25, 0.3) is 0 Å². The summed E-state index contributed by atoms with van der Waals surface area (Å²) in [4.78, 5) is 4.54. The number of aromatic nitrogens is 2. The topological polar surface area (TPSA) is 51.0 Å². The summed E-state index contributed by atoms with van der Waals surface area (Å²) in [5.41, 5.74) is 2.64. The van der Waals surface area contributed by atoms with E-state index in [-0.39, 0.29) is 11.5 Å². The molecule has 0 aliphatic carbocycles. The minimum Gasteiger partial charge on any atom is -0.338 e. The molecule has 1 aliphatic rings. The van der Waals surface area contributed by atoms with Crippen LogP contribution in [0.3, 0.4) is 0 Å². The molecule has 0 fully saturated rings. The normalized spacial score (nSPS) is 19.2. The van der Waals surface area contributed by atoms with Crippen molar-refractivity contribution in [3.05, 3.63) is 47.1 Å². The summed E-state index contributed by atoms with van der Waals surface area (Å²) in [7, 11) is 0. The predicted molar refractivity (Wildman–Crippen MR) is 72.7 cm³/mol. The van der Waals surface area contributed by atoms with Crippen LogP contribution in [0.5, 0.6) is 0 Å². The van der Waals surface area contributed by atoms with Gasteiger partial charge in [0.05, 0.1) is 6.04 Å². The van der Waals surface area contributed by atoms with Gasteiger partial charge < -0.3 is 9.84 Å². The van der Waals surface area contributed by atoms with Crippen molar-refractivity contribution in [1.82, 2.24) is 15.5 Å². The molecule has 0 radical (unpaired) electrons. The Bertz CT molecular complexity index is 583. The molecule has 1 N–H and O–H groups in total. The van der Waals surface area contributed by atoms with Crippen LogP contribution in [0, 0.1) is 0 Å². The molecule has 4 heteroatoms. The highest BCUT2D eigenvalue weighted by Gasteiger charge is 2.27. The van der Waals surface area contributed by atoms with Gasteiger partial charge in [0, 0.05) is 12.0 Å². The molecule has 100 valence electrons. The molecular weight excluding hydrogens is 238 g/mol. The first-order valence-electron chi connectivity index (χ1n) is 6.68. The second-order valence-corrected chi connectivity index (χ2v) is 6.11. The fourth-order valence-corrected chi connectivity index (χ4v) is 2.31. The minimum atomic E-state index is -0.0751. The summed E-state index contributed by atoms with van der Waals surface area (Å²) in [6.07, 6.45) is 0.905. The van der Waals surface area contributed by atoms with Gasteiger partial charge in [-0.15, -0.1) is 0 Å². The smallest absolute Gasteiger partial charge is 0.244 e. The molecule has 0 amide bonds. The van der Waals surface area contributed by atoms with E-state index in [1.54, 1.807) is 0 Å². The lowest BCUT2D eigenvalue weighted by Gasteiger charge is -2.23. The molecular formula is C15H19N3O. The van der Waals surface area contributed by atoms with E-state index < -0.39 is 0 Å². The van der Waals surface area contributed by atoms with E-state index in [0.29, 0.717) is 5.89 Å². The molecule has 1 aliphatic heterocycles. The van der Waals surface area contributed by atoms with Gasteiger partial charge in [0.2, 0.25) is 5.89 Å². The third-order valence-corrected chi connectivity index (χ3v) is 3.49. The number of hydrogen-bond acceptors (Lipinski definition) is 4. The Labute approximate surface area is 113 Å². The van der Waals surface area contributed by atoms with Crippen molar-refractivity contribution >= 4 is 0 Å². The zero-order valence-electron chi connectivity index (χ0n) is 11.6. The van der Waals surface area contributed by atoms with Crippen molar-refractivity contribution in [2.24, 2.45) is 0 Å². The summed E-state index contributed by atoms with van der Waals surface area (Å²) in [5.74, 6) is 1.46. The summed E-state index contributed by atoms with van der Waals surface area (Å²) >= 11 is 0. The van der Waals surface area contributed by atoms with E-state index in [0.717, 1.165) is 18.8 Å². The van der Waals surface area contributed by atoms with Gasteiger partial charge in [-0.3, -0.25) is 0 Å². The van der Waals surface area contributed by atoms with Crippen molar-refractivity contribution in [1.29, 1.82) is 0 Å². The van der Waals surface area contributed by atoms with E-state index in [2.05, 4.69) is 60.5 Å². The molecule has 2 aromatic rings. The van der Waals surface area contributed by atoms with Crippen LogP contribution in [0.1, 0.15) is 49.7 Å². The average molecular weight is 257 g/mol. The van der Waals surface area contributed by atoms with Gasteiger partial charge in [0.15, 0.2) is 5.82 Å². The fraction of sp³-hybridized carbons (Fsp3) is 0.467. The summed E-state index contributed by atoms with van der Waals surface area (Å²) in [6.45, 7) is 7.12. The van der Waals surface area contributed by atoms with Gasteiger partial charge in [-0.25, -0.2) is 0 Å². The second-order valence-electron chi connectivity index (χ2n) is 6.11. The first-order chi connectivity index (χ1) is 9.04. The third kappa shape index (κ3) is 2.40. The van der Waals surface area contributed by atoms with E-state index in [9.17, 15) is 0 Å².